The molecule has 0 aliphatic heterocycles. The monoisotopic (exact) mass is 437 g/mol. The molecule has 158 valence electrons. The summed E-state index contributed by atoms with van der Waals surface area (Å²) in [4.78, 5) is 16.8. The van der Waals surface area contributed by atoms with E-state index in [4.69, 9.17) is 11.6 Å². The summed E-state index contributed by atoms with van der Waals surface area (Å²) in [5.74, 6) is -0.00558. The third-order valence-electron chi connectivity index (χ3n) is 5.17. The van der Waals surface area contributed by atoms with Gasteiger partial charge >= 0.3 is 0 Å². The van der Waals surface area contributed by atoms with Crippen molar-refractivity contribution in [2.24, 2.45) is 0 Å². The largest absolute Gasteiger partial charge is 0.326 e. The number of benzene rings is 2. The Balaban J connectivity index is 1.51. The molecule has 0 radical (unpaired) electrons. The van der Waals surface area contributed by atoms with Crippen LogP contribution in [0.2, 0.25) is 5.02 Å². The SMILES string of the molecule is Cc1nn(-c2ccc(Cl)cc2)c(C)c1CC(=O)Nc1ccc(-n2ccnc2C)c(F)c1. The van der Waals surface area contributed by atoms with E-state index < -0.39 is 5.82 Å². The second kappa shape index (κ2) is 8.35. The lowest BCUT2D eigenvalue weighted by atomic mass is 10.1. The zero-order valence-electron chi connectivity index (χ0n) is 17.4. The maximum absolute atomic E-state index is 14.6. The molecule has 8 heteroatoms. The highest BCUT2D eigenvalue weighted by atomic mass is 35.5. The molecule has 4 rings (SSSR count). The van der Waals surface area contributed by atoms with Crippen LogP contribution in [-0.4, -0.2) is 25.2 Å². The first-order valence-electron chi connectivity index (χ1n) is 9.74. The summed E-state index contributed by atoms with van der Waals surface area (Å²) in [6, 6.07) is 11.9. The number of carbonyl (C=O) groups is 1. The van der Waals surface area contributed by atoms with Gasteiger partial charge in [0.2, 0.25) is 5.91 Å². The predicted octanol–water partition coefficient (Wildman–Crippen LogP) is 4.96. The maximum atomic E-state index is 14.6. The summed E-state index contributed by atoms with van der Waals surface area (Å²) in [5, 5.41) is 7.97. The van der Waals surface area contributed by atoms with E-state index in [1.807, 2.05) is 26.0 Å². The number of aryl methyl sites for hydroxylation is 2. The number of imidazole rings is 1. The number of amides is 1. The van der Waals surface area contributed by atoms with Gasteiger partial charge in [-0.2, -0.15) is 5.10 Å². The molecule has 0 spiro atoms. The molecule has 0 aliphatic rings. The van der Waals surface area contributed by atoms with Crippen molar-refractivity contribution in [3.8, 4) is 11.4 Å². The number of anilines is 1. The van der Waals surface area contributed by atoms with Crippen molar-refractivity contribution in [3.05, 3.63) is 88.5 Å². The van der Waals surface area contributed by atoms with E-state index >= 15 is 0 Å². The number of hydrogen-bond donors (Lipinski definition) is 1. The highest BCUT2D eigenvalue weighted by Gasteiger charge is 2.17. The molecule has 2 heterocycles. The summed E-state index contributed by atoms with van der Waals surface area (Å²) in [7, 11) is 0. The summed E-state index contributed by atoms with van der Waals surface area (Å²) in [6.07, 6.45) is 3.44. The topological polar surface area (TPSA) is 64.7 Å². The van der Waals surface area contributed by atoms with E-state index in [0.717, 1.165) is 22.6 Å². The van der Waals surface area contributed by atoms with Gasteiger partial charge in [0.25, 0.3) is 0 Å². The lowest BCUT2D eigenvalue weighted by molar-refractivity contribution is -0.115. The van der Waals surface area contributed by atoms with Crippen LogP contribution in [0.25, 0.3) is 11.4 Å². The van der Waals surface area contributed by atoms with E-state index in [1.54, 1.807) is 52.8 Å². The van der Waals surface area contributed by atoms with Crippen molar-refractivity contribution >= 4 is 23.2 Å². The molecule has 4 aromatic rings. The Morgan fingerprint density at radius 3 is 2.52 bits per heavy atom. The lowest BCUT2D eigenvalue weighted by Crippen LogP contribution is -2.15. The Hall–Kier alpha value is -3.45. The van der Waals surface area contributed by atoms with Crippen molar-refractivity contribution in [1.29, 1.82) is 0 Å². The zero-order valence-corrected chi connectivity index (χ0v) is 18.1. The predicted molar refractivity (Wildman–Crippen MR) is 119 cm³/mol. The average Bonchev–Trinajstić information content (AvgIpc) is 3.27. The van der Waals surface area contributed by atoms with E-state index in [9.17, 15) is 9.18 Å². The number of rotatable bonds is 5. The van der Waals surface area contributed by atoms with E-state index in [-0.39, 0.29) is 12.3 Å². The molecule has 0 bridgehead atoms. The van der Waals surface area contributed by atoms with Gasteiger partial charge in [0, 0.05) is 34.4 Å². The summed E-state index contributed by atoms with van der Waals surface area (Å²) in [5.41, 5.74) is 4.10. The number of nitrogens with zero attached hydrogens (tertiary/aromatic N) is 4. The van der Waals surface area contributed by atoms with E-state index in [0.29, 0.717) is 22.2 Å². The Labute approximate surface area is 184 Å². The molecule has 31 heavy (non-hydrogen) atoms. The van der Waals surface area contributed by atoms with Crippen LogP contribution in [0.3, 0.4) is 0 Å². The minimum absolute atomic E-state index is 0.134. The zero-order chi connectivity index (χ0) is 22.1. The smallest absolute Gasteiger partial charge is 0.228 e. The van der Waals surface area contributed by atoms with Gasteiger partial charge in [-0.3, -0.25) is 4.79 Å². The van der Waals surface area contributed by atoms with Crippen LogP contribution in [-0.2, 0) is 11.2 Å². The number of aromatic nitrogens is 4. The van der Waals surface area contributed by atoms with Gasteiger partial charge in [0.1, 0.15) is 11.6 Å². The van der Waals surface area contributed by atoms with Gasteiger partial charge in [-0.25, -0.2) is 14.1 Å². The summed E-state index contributed by atoms with van der Waals surface area (Å²) in [6.45, 7) is 5.58. The average molecular weight is 438 g/mol. The number of hydrogen-bond acceptors (Lipinski definition) is 3. The van der Waals surface area contributed by atoms with Gasteiger partial charge < -0.3 is 9.88 Å². The summed E-state index contributed by atoms with van der Waals surface area (Å²) < 4.78 is 18.0. The fourth-order valence-corrected chi connectivity index (χ4v) is 3.67. The second-order valence-electron chi connectivity index (χ2n) is 7.27. The normalized spacial score (nSPS) is 11.0. The standard InChI is InChI=1S/C23H21ClFN5O/c1-14-20(15(2)30(28-14)19-7-4-17(24)5-8-19)13-23(31)27-18-6-9-22(21(25)12-18)29-11-10-26-16(29)3/h4-12H,13H2,1-3H3,(H,27,31). The molecule has 0 unspecified atom stereocenters. The Morgan fingerprint density at radius 1 is 1.13 bits per heavy atom. The van der Waals surface area contributed by atoms with Gasteiger partial charge in [-0.1, -0.05) is 11.6 Å². The fourth-order valence-electron chi connectivity index (χ4n) is 3.54. The van der Waals surface area contributed by atoms with Crippen LogP contribution in [0, 0.1) is 26.6 Å². The first kappa shape index (κ1) is 20.8. The molecule has 1 N–H and O–H groups in total. The third kappa shape index (κ3) is 4.22. The Kier molecular flexibility index (Phi) is 5.61. The first-order chi connectivity index (χ1) is 14.8. The Bertz CT molecular complexity index is 1260. The minimum Gasteiger partial charge on any atom is -0.326 e. The van der Waals surface area contributed by atoms with Gasteiger partial charge in [0.05, 0.1) is 23.5 Å². The highest BCUT2D eigenvalue weighted by molar-refractivity contribution is 6.30. The lowest BCUT2D eigenvalue weighted by Gasteiger charge is -2.10. The van der Waals surface area contributed by atoms with E-state index in [2.05, 4.69) is 15.4 Å². The minimum atomic E-state index is -0.443. The molecule has 2 aromatic heterocycles. The van der Waals surface area contributed by atoms with Crippen molar-refractivity contribution in [2.45, 2.75) is 27.2 Å². The number of halogens is 2. The molecule has 0 saturated carbocycles. The van der Waals surface area contributed by atoms with Crippen LogP contribution in [0.15, 0.2) is 54.9 Å². The fraction of sp³-hybridized carbons (Fsp3) is 0.174. The summed E-state index contributed by atoms with van der Waals surface area (Å²) >= 11 is 5.97. The van der Waals surface area contributed by atoms with Crippen molar-refractivity contribution < 1.29 is 9.18 Å². The molecule has 0 saturated heterocycles. The van der Waals surface area contributed by atoms with Crippen LogP contribution < -0.4 is 5.32 Å². The van der Waals surface area contributed by atoms with Crippen molar-refractivity contribution in [1.82, 2.24) is 19.3 Å². The molecular formula is C23H21ClFN5O. The van der Waals surface area contributed by atoms with Crippen LogP contribution in [0.1, 0.15) is 22.8 Å². The molecule has 0 aliphatic carbocycles. The van der Waals surface area contributed by atoms with Crippen LogP contribution >= 0.6 is 11.6 Å². The molecule has 0 atom stereocenters. The molecular weight excluding hydrogens is 417 g/mol. The van der Waals surface area contributed by atoms with Crippen LogP contribution in [0.5, 0.6) is 0 Å². The quantitative estimate of drug-likeness (QED) is 0.480. The molecule has 0 fully saturated rings. The second-order valence-corrected chi connectivity index (χ2v) is 7.71. The number of nitrogens with one attached hydrogen (secondary N) is 1. The van der Waals surface area contributed by atoms with Crippen molar-refractivity contribution in [3.63, 3.8) is 0 Å². The first-order valence-corrected chi connectivity index (χ1v) is 10.1. The molecule has 6 nitrogen and oxygen atoms in total. The van der Waals surface area contributed by atoms with Crippen molar-refractivity contribution in [2.75, 3.05) is 5.32 Å². The van der Waals surface area contributed by atoms with Gasteiger partial charge in [-0.05, 0) is 63.2 Å². The third-order valence-corrected chi connectivity index (χ3v) is 5.42. The van der Waals surface area contributed by atoms with Gasteiger partial charge in [-0.15, -0.1) is 0 Å². The van der Waals surface area contributed by atoms with Gasteiger partial charge in [0.15, 0.2) is 0 Å². The maximum Gasteiger partial charge on any atom is 0.228 e. The number of carbonyl (C=O) groups excluding carboxylic acids is 1. The Morgan fingerprint density at radius 2 is 1.87 bits per heavy atom. The molecule has 2 aromatic carbocycles. The van der Waals surface area contributed by atoms with E-state index in [1.165, 1.54) is 6.07 Å². The highest BCUT2D eigenvalue weighted by Crippen LogP contribution is 2.22. The molecule has 1 amide bonds. The van der Waals surface area contributed by atoms with Crippen LogP contribution in [0.4, 0.5) is 10.1 Å².